The van der Waals surface area contributed by atoms with Gasteiger partial charge in [0.2, 0.25) is 0 Å². The predicted octanol–water partition coefficient (Wildman–Crippen LogP) is 6.33. The van der Waals surface area contributed by atoms with E-state index in [1.165, 1.54) is 33.4 Å². The Morgan fingerprint density at radius 1 is 0.680 bits per heavy atom. The van der Waals surface area contributed by atoms with Crippen molar-refractivity contribution in [2.45, 2.75) is 34.6 Å². The second-order valence-corrected chi connectivity index (χ2v) is 7.16. The maximum atomic E-state index is 6.67. The summed E-state index contributed by atoms with van der Waals surface area (Å²) in [6.07, 6.45) is 0. The first-order chi connectivity index (χ1) is 11.8. The van der Waals surface area contributed by atoms with Crippen LogP contribution >= 0.6 is 0 Å². The van der Waals surface area contributed by atoms with E-state index >= 15 is 0 Å². The lowest BCUT2D eigenvalue weighted by molar-refractivity contribution is 1.32. The molecule has 3 aromatic rings. The summed E-state index contributed by atoms with van der Waals surface area (Å²) in [5.41, 5.74) is 19.3. The quantitative estimate of drug-likeness (QED) is 0.547. The van der Waals surface area contributed by atoms with Crippen molar-refractivity contribution in [3.63, 3.8) is 0 Å². The fraction of sp³-hybridized carbons (Fsp3) is 0.208. The fourth-order valence-corrected chi connectivity index (χ4v) is 4.05. The van der Waals surface area contributed by atoms with Gasteiger partial charge in [-0.3, -0.25) is 0 Å². The number of aryl methyl sites for hydroxylation is 5. The van der Waals surface area contributed by atoms with E-state index in [4.69, 9.17) is 5.73 Å². The molecular formula is C24H26N. The molecule has 0 atom stereocenters. The number of nitrogen functional groups attached to an aromatic ring is 1. The first kappa shape index (κ1) is 17.3. The Hall–Kier alpha value is -2.54. The molecule has 0 unspecified atom stereocenters. The largest absolute Gasteiger partial charge is 0.398 e. The van der Waals surface area contributed by atoms with Crippen LogP contribution in [-0.2, 0) is 0 Å². The highest BCUT2D eigenvalue weighted by atomic mass is 14.6. The smallest absolute Gasteiger partial charge is 0.0473 e. The molecule has 0 bridgehead atoms. The van der Waals surface area contributed by atoms with E-state index in [0.717, 1.165) is 27.9 Å². The molecule has 0 spiro atoms. The number of para-hydroxylation sites is 1. The monoisotopic (exact) mass is 328 g/mol. The average Bonchev–Trinajstić information content (AvgIpc) is 2.48. The average molecular weight is 328 g/mol. The second kappa shape index (κ2) is 6.40. The number of benzene rings is 3. The van der Waals surface area contributed by atoms with Crippen LogP contribution in [0.5, 0.6) is 0 Å². The molecule has 127 valence electrons. The molecule has 0 heterocycles. The normalized spacial score (nSPS) is 11.0. The predicted molar refractivity (Wildman–Crippen MR) is 110 cm³/mol. The van der Waals surface area contributed by atoms with E-state index in [-0.39, 0.29) is 0 Å². The SMILES string of the molecule is [CH2]c1cc(C)cc(C)c1-c1cccc(-c2c(C)cc(C)cc2C)c1N. The third-order valence-electron chi connectivity index (χ3n) is 4.88. The molecule has 0 saturated heterocycles. The van der Waals surface area contributed by atoms with Crippen molar-refractivity contribution in [1.29, 1.82) is 0 Å². The van der Waals surface area contributed by atoms with E-state index in [0.29, 0.717) is 0 Å². The van der Waals surface area contributed by atoms with Crippen molar-refractivity contribution >= 4 is 5.69 Å². The summed E-state index contributed by atoms with van der Waals surface area (Å²) in [7, 11) is 0. The molecule has 3 rings (SSSR count). The van der Waals surface area contributed by atoms with E-state index in [1.807, 2.05) is 0 Å². The van der Waals surface area contributed by atoms with Gasteiger partial charge in [0.1, 0.15) is 0 Å². The highest BCUT2D eigenvalue weighted by Crippen LogP contribution is 2.40. The third-order valence-corrected chi connectivity index (χ3v) is 4.88. The van der Waals surface area contributed by atoms with Crippen LogP contribution in [0.3, 0.4) is 0 Å². The maximum absolute atomic E-state index is 6.67. The summed E-state index contributed by atoms with van der Waals surface area (Å²) in [6, 6.07) is 15.1. The summed E-state index contributed by atoms with van der Waals surface area (Å²) >= 11 is 0. The topological polar surface area (TPSA) is 26.0 Å². The Morgan fingerprint density at radius 2 is 1.12 bits per heavy atom. The molecule has 0 aliphatic carbocycles. The molecule has 1 nitrogen and oxygen atoms in total. The van der Waals surface area contributed by atoms with Gasteiger partial charge < -0.3 is 5.73 Å². The molecular weight excluding hydrogens is 302 g/mol. The Bertz CT molecular complexity index is 842. The van der Waals surface area contributed by atoms with Gasteiger partial charge in [0, 0.05) is 16.8 Å². The maximum Gasteiger partial charge on any atom is 0.0473 e. The van der Waals surface area contributed by atoms with Gasteiger partial charge in [-0.2, -0.15) is 0 Å². The Morgan fingerprint density at radius 3 is 1.64 bits per heavy atom. The van der Waals surface area contributed by atoms with E-state index in [1.54, 1.807) is 0 Å². The standard InChI is InChI=1S/C24H26N/c1-14-10-16(3)22(17(4)11-14)20-8-7-9-21(24(20)25)23-18(5)12-15(2)13-19(23)6/h7-13H,3,25H2,1-2,4-6H3. The van der Waals surface area contributed by atoms with Crippen LogP contribution in [0.1, 0.15) is 33.4 Å². The number of hydrogen-bond donors (Lipinski definition) is 1. The lowest BCUT2D eigenvalue weighted by atomic mass is 9.87. The minimum atomic E-state index is 0.828. The van der Waals surface area contributed by atoms with Crippen molar-refractivity contribution in [2.75, 3.05) is 5.73 Å². The number of hydrogen-bond acceptors (Lipinski definition) is 1. The Labute approximate surface area is 151 Å². The molecule has 1 radical (unpaired) electrons. The zero-order valence-electron chi connectivity index (χ0n) is 15.8. The first-order valence-electron chi connectivity index (χ1n) is 8.70. The zero-order valence-corrected chi connectivity index (χ0v) is 15.8. The van der Waals surface area contributed by atoms with Gasteiger partial charge in [-0.25, -0.2) is 0 Å². The molecule has 0 fully saturated rings. The van der Waals surface area contributed by atoms with Crippen LogP contribution in [0.4, 0.5) is 5.69 Å². The molecule has 3 aromatic carbocycles. The first-order valence-corrected chi connectivity index (χ1v) is 8.70. The van der Waals surface area contributed by atoms with Crippen LogP contribution in [0.25, 0.3) is 22.3 Å². The van der Waals surface area contributed by atoms with Crippen molar-refractivity contribution < 1.29 is 0 Å². The van der Waals surface area contributed by atoms with Crippen LogP contribution in [0.2, 0.25) is 0 Å². The Kier molecular flexibility index (Phi) is 4.43. The Balaban J connectivity index is 2.28. The third kappa shape index (κ3) is 3.07. The summed E-state index contributed by atoms with van der Waals surface area (Å²) in [4.78, 5) is 0. The van der Waals surface area contributed by atoms with Crippen LogP contribution in [0, 0.1) is 41.5 Å². The lowest BCUT2D eigenvalue weighted by Crippen LogP contribution is -1.99. The molecule has 0 aliphatic rings. The van der Waals surface area contributed by atoms with Gasteiger partial charge >= 0.3 is 0 Å². The molecule has 0 aromatic heterocycles. The highest BCUT2D eigenvalue weighted by Gasteiger charge is 2.15. The zero-order chi connectivity index (χ0) is 18.3. The lowest BCUT2D eigenvalue weighted by Gasteiger charge is -2.19. The van der Waals surface area contributed by atoms with Gasteiger partial charge in [-0.1, -0.05) is 53.6 Å². The summed E-state index contributed by atoms with van der Waals surface area (Å²) < 4.78 is 0. The van der Waals surface area contributed by atoms with E-state index in [2.05, 4.69) is 84.0 Å². The molecule has 25 heavy (non-hydrogen) atoms. The highest BCUT2D eigenvalue weighted by molar-refractivity contribution is 5.92. The van der Waals surface area contributed by atoms with Gasteiger partial charge in [0.15, 0.2) is 0 Å². The minimum absolute atomic E-state index is 0.828. The minimum Gasteiger partial charge on any atom is -0.398 e. The molecule has 2 N–H and O–H groups in total. The van der Waals surface area contributed by atoms with Crippen molar-refractivity contribution in [3.8, 4) is 22.3 Å². The van der Waals surface area contributed by atoms with Crippen molar-refractivity contribution in [2.24, 2.45) is 0 Å². The summed E-state index contributed by atoms with van der Waals surface area (Å²) in [5.74, 6) is 0. The van der Waals surface area contributed by atoms with E-state index in [9.17, 15) is 0 Å². The van der Waals surface area contributed by atoms with Crippen LogP contribution < -0.4 is 5.73 Å². The van der Waals surface area contributed by atoms with Gasteiger partial charge in [0.05, 0.1) is 0 Å². The van der Waals surface area contributed by atoms with E-state index < -0.39 is 0 Å². The molecule has 0 aliphatic heterocycles. The van der Waals surface area contributed by atoms with Crippen LogP contribution in [-0.4, -0.2) is 0 Å². The van der Waals surface area contributed by atoms with Gasteiger partial charge in [-0.15, -0.1) is 0 Å². The number of nitrogens with two attached hydrogens (primary N) is 1. The van der Waals surface area contributed by atoms with Crippen molar-refractivity contribution in [3.05, 3.63) is 82.8 Å². The number of anilines is 1. The fourth-order valence-electron chi connectivity index (χ4n) is 4.05. The summed E-state index contributed by atoms with van der Waals surface area (Å²) in [6.45, 7) is 14.9. The molecule has 0 saturated carbocycles. The molecule has 1 heteroatoms. The van der Waals surface area contributed by atoms with Gasteiger partial charge in [-0.05, 0) is 74.9 Å². The summed E-state index contributed by atoms with van der Waals surface area (Å²) in [5, 5.41) is 0. The molecule has 0 amide bonds. The number of rotatable bonds is 2. The van der Waals surface area contributed by atoms with Crippen molar-refractivity contribution in [1.82, 2.24) is 0 Å². The van der Waals surface area contributed by atoms with Gasteiger partial charge in [0.25, 0.3) is 0 Å². The van der Waals surface area contributed by atoms with Crippen LogP contribution in [0.15, 0.2) is 42.5 Å². The second-order valence-electron chi connectivity index (χ2n) is 7.16.